The van der Waals surface area contributed by atoms with Gasteiger partial charge >= 0.3 is 0 Å². The first-order valence-electron chi connectivity index (χ1n) is 9.46. The number of aromatic nitrogens is 1. The Balaban J connectivity index is 1.30. The number of fused-ring (bicyclic) bond motifs is 1. The highest BCUT2D eigenvalue weighted by Crippen LogP contribution is 2.23. The first-order valence-corrected chi connectivity index (χ1v) is 10.7. The maximum Gasteiger partial charge on any atom is 0.241 e. The van der Waals surface area contributed by atoms with Crippen LogP contribution in [-0.2, 0) is 11.3 Å². The monoisotopic (exact) mass is 414 g/mol. The molecule has 0 spiro atoms. The minimum atomic E-state index is -0.177. The molecule has 0 unspecified atom stereocenters. The second-order valence-electron chi connectivity index (χ2n) is 7.06. The van der Waals surface area contributed by atoms with Gasteiger partial charge in [0.2, 0.25) is 5.91 Å². The molecule has 5 nitrogen and oxygen atoms in total. The topological polar surface area (TPSA) is 48.5 Å². The number of halogens is 1. The van der Waals surface area contributed by atoms with Gasteiger partial charge in [-0.15, -0.1) is 11.3 Å². The first-order chi connectivity index (χ1) is 13.6. The normalized spacial score (nSPS) is 16.9. The van der Waals surface area contributed by atoms with E-state index in [1.54, 1.807) is 23.5 Å². The fourth-order valence-electron chi connectivity index (χ4n) is 3.47. The molecule has 1 aromatic heterocycles. The van der Waals surface area contributed by atoms with Crippen LogP contribution < -0.4 is 5.32 Å². The van der Waals surface area contributed by atoms with Gasteiger partial charge in [0.25, 0.3) is 0 Å². The van der Waals surface area contributed by atoms with Crippen molar-refractivity contribution in [1.82, 2.24) is 14.8 Å². The van der Waals surface area contributed by atoms with Crippen LogP contribution in [0.3, 0.4) is 0 Å². The number of carbonyl (C=O) groups excluding carboxylic acids is 1. The lowest BCUT2D eigenvalue weighted by molar-refractivity contribution is -0.121. The van der Waals surface area contributed by atoms with E-state index >= 15 is 0 Å². The summed E-state index contributed by atoms with van der Waals surface area (Å²) in [5.74, 6) is 0.00175. The van der Waals surface area contributed by atoms with Crippen LogP contribution in [-0.4, -0.2) is 52.9 Å². The van der Waals surface area contributed by atoms with Gasteiger partial charge in [0.1, 0.15) is 5.01 Å². The number of rotatable bonds is 5. The lowest BCUT2D eigenvalue weighted by atomic mass is 10.2. The number of piperazine rings is 1. The van der Waals surface area contributed by atoms with Gasteiger partial charge in [0.05, 0.1) is 22.8 Å². The molecule has 1 N–H and O–H groups in total. The van der Waals surface area contributed by atoms with Crippen LogP contribution in [0.5, 0.6) is 0 Å². The lowest BCUT2D eigenvalue weighted by Gasteiger charge is -2.37. The number of benzene rings is 2. The molecule has 4 rings (SSSR count). The van der Waals surface area contributed by atoms with E-state index < -0.39 is 0 Å². The van der Waals surface area contributed by atoms with Gasteiger partial charge in [-0.25, -0.2) is 4.98 Å². The average Bonchev–Trinajstić information content (AvgIpc) is 3.10. The predicted molar refractivity (Wildman–Crippen MR) is 116 cm³/mol. The number of hydrogen-bond acceptors (Lipinski definition) is 5. The van der Waals surface area contributed by atoms with E-state index in [4.69, 9.17) is 16.6 Å². The van der Waals surface area contributed by atoms with Crippen molar-refractivity contribution in [3.63, 3.8) is 0 Å². The summed E-state index contributed by atoms with van der Waals surface area (Å²) >= 11 is 7.76. The van der Waals surface area contributed by atoms with Gasteiger partial charge < -0.3 is 5.32 Å². The van der Waals surface area contributed by atoms with Crippen molar-refractivity contribution >= 4 is 44.7 Å². The predicted octanol–water partition coefficient (Wildman–Crippen LogP) is 4.09. The molecule has 1 aliphatic heterocycles. The first kappa shape index (κ1) is 19.3. The number of anilines is 1. The summed E-state index contributed by atoms with van der Waals surface area (Å²) in [6.07, 6.45) is 0. The molecule has 1 fully saturated rings. The minimum absolute atomic E-state index is 0.00175. The van der Waals surface area contributed by atoms with Gasteiger partial charge in [0, 0.05) is 36.9 Å². The molecule has 1 aliphatic rings. The van der Waals surface area contributed by atoms with Crippen molar-refractivity contribution in [1.29, 1.82) is 0 Å². The number of nitrogens with zero attached hydrogens (tertiary/aromatic N) is 3. The van der Waals surface area contributed by atoms with Crippen molar-refractivity contribution in [2.45, 2.75) is 19.5 Å². The highest BCUT2D eigenvalue weighted by molar-refractivity contribution is 7.18. The van der Waals surface area contributed by atoms with Crippen molar-refractivity contribution in [2.75, 3.05) is 31.5 Å². The maximum absolute atomic E-state index is 12.6. The SMILES string of the molecule is C[C@H](C(=O)Nc1cccc(Cl)c1)N1CCN(Cc2nc3ccccc3s2)CC1. The summed E-state index contributed by atoms with van der Waals surface area (Å²) in [6.45, 7) is 6.44. The zero-order chi connectivity index (χ0) is 19.5. The molecule has 3 aromatic rings. The van der Waals surface area contributed by atoms with Crippen molar-refractivity contribution in [3.8, 4) is 0 Å². The quantitative estimate of drug-likeness (QED) is 0.683. The summed E-state index contributed by atoms with van der Waals surface area (Å²) in [5, 5.41) is 4.73. The maximum atomic E-state index is 12.6. The second-order valence-corrected chi connectivity index (χ2v) is 8.61. The molecule has 7 heteroatoms. The molecule has 2 aromatic carbocycles. The van der Waals surface area contributed by atoms with Crippen molar-refractivity contribution in [2.24, 2.45) is 0 Å². The van der Waals surface area contributed by atoms with Crippen LogP contribution in [0.4, 0.5) is 5.69 Å². The fourth-order valence-corrected chi connectivity index (χ4v) is 4.67. The van der Waals surface area contributed by atoms with Crippen LogP contribution in [0.1, 0.15) is 11.9 Å². The molecule has 146 valence electrons. The third-order valence-corrected chi connectivity index (χ3v) is 6.38. The Labute approximate surface area is 173 Å². The van der Waals surface area contributed by atoms with E-state index in [2.05, 4.69) is 33.3 Å². The summed E-state index contributed by atoms with van der Waals surface area (Å²) in [7, 11) is 0. The largest absolute Gasteiger partial charge is 0.325 e. The van der Waals surface area contributed by atoms with Crippen molar-refractivity contribution < 1.29 is 4.79 Å². The lowest BCUT2D eigenvalue weighted by Crippen LogP contribution is -2.52. The van der Waals surface area contributed by atoms with Gasteiger partial charge in [-0.1, -0.05) is 29.8 Å². The van der Waals surface area contributed by atoms with E-state index in [0.717, 1.165) is 48.9 Å². The van der Waals surface area contributed by atoms with Gasteiger partial charge in [-0.3, -0.25) is 14.6 Å². The fraction of sp³-hybridized carbons (Fsp3) is 0.333. The number of carbonyl (C=O) groups is 1. The minimum Gasteiger partial charge on any atom is -0.325 e. The summed E-state index contributed by atoms with van der Waals surface area (Å²) in [6, 6.07) is 15.3. The molecule has 1 amide bonds. The van der Waals surface area contributed by atoms with E-state index in [0.29, 0.717) is 5.02 Å². The Kier molecular flexibility index (Phi) is 5.92. The molecule has 0 aliphatic carbocycles. The smallest absolute Gasteiger partial charge is 0.241 e. The Morgan fingerprint density at radius 1 is 1.18 bits per heavy atom. The van der Waals surface area contributed by atoms with E-state index in [1.165, 1.54) is 4.70 Å². The zero-order valence-electron chi connectivity index (χ0n) is 15.8. The number of thiazole rings is 1. The number of amides is 1. The highest BCUT2D eigenvalue weighted by Gasteiger charge is 2.26. The molecule has 0 radical (unpaired) electrons. The van der Waals surface area contributed by atoms with Crippen LogP contribution in [0, 0.1) is 0 Å². The third kappa shape index (κ3) is 4.52. The van der Waals surface area contributed by atoms with E-state index in [9.17, 15) is 4.79 Å². The van der Waals surface area contributed by atoms with Crippen LogP contribution in [0.15, 0.2) is 48.5 Å². The van der Waals surface area contributed by atoms with Gasteiger partial charge in [-0.05, 0) is 37.3 Å². The second kappa shape index (κ2) is 8.57. The number of nitrogens with one attached hydrogen (secondary N) is 1. The highest BCUT2D eigenvalue weighted by atomic mass is 35.5. The number of hydrogen-bond donors (Lipinski definition) is 1. The van der Waals surface area contributed by atoms with E-state index in [-0.39, 0.29) is 11.9 Å². The molecule has 1 atom stereocenters. The summed E-state index contributed by atoms with van der Waals surface area (Å²) < 4.78 is 1.24. The zero-order valence-corrected chi connectivity index (χ0v) is 17.3. The molecule has 1 saturated heterocycles. The number of para-hydroxylation sites is 1. The van der Waals surface area contributed by atoms with E-state index in [1.807, 2.05) is 25.1 Å². The van der Waals surface area contributed by atoms with Crippen LogP contribution >= 0.6 is 22.9 Å². The summed E-state index contributed by atoms with van der Waals surface area (Å²) in [4.78, 5) is 22.0. The Hall–Kier alpha value is -1.99. The molecule has 0 bridgehead atoms. The summed E-state index contributed by atoms with van der Waals surface area (Å²) in [5.41, 5.74) is 1.81. The van der Waals surface area contributed by atoms with Gasteiger partial charge in [0.15, 0.2) is 0 Å². The Morgan fingerprint density at radius 3 is 2.71 bits per heavy atom. The standard InChI is InChI=1S/C21H23ClN4OS/c1-15(21(27)23-17-6-4-5-16(22)13-17)26-11-9-25(10-12-26)14-20-24-18-7-2-3-8-19(18)28-20/h2-8,13,15H,9-12,14H2,1H3,(H,23,27)/t15-/m1/s1. The van der Waals surface area contributed by atoms with Crippen LogP contribution in [0.2, 0.25) is 5.02 Å². The molecular weight excluding hydrogens is 392 g/mol. The Morgan fingerprint density at radius 2 is 1.96 bits per heavy atom. The molecular formula is C21H23ClN4OS. The third-order valence-electron chi connectivity index (χ3n) is 5.12. The molecule has 28 heavy (non-hydrogen) atoms. The molecule has 0 saturated carbocycles. The molecule has 2 heterocycles. The van der Waals surface area contributed by atoms with Crippen molar-refractivity contribution in [3.05, 3.63) is 58.6 Å². The average molecular weight is 415 g/mol. The Bertz CT molecular complexity index is 935. The van der Waals surface area contributed by atoms with Gasteiger partial charge in [-0.2, -0.15) is 0 Å². The van der Waals surface area contributed by atoms with Crippen LogP contribution in [0.25, 0.3) is 10.2 Å².